The fraction of sp³-hybridized carbons (Fsp3) is 0.562. The maximum Gasteiger partial charge on any atom is 0.238 e. The number of nitrogens with zero attached hydrogens (tertiary/aromatic N) is 1. The Hall–Kier alpha value is -1.39. The molecular formula is C16H24N2O2. The average molecular weight is 276 g/mol. The highest BCUT2D eigenvalue weighted by Crippen LogP contribution is 2.26. The lowest BCUT2D eigenvalue weighted by Crippen LogP contribution is -2.48. The van der Waals surface area contributed by atoms with Crippen LogP contribution in [0.25, 0.3) is 0 Å². The summed E-state index contributed by atoms with van der Waals surface area (Å²) in [5.41, 5.74) is 1.19. The van der Waals surface area contributed by atoms with E-state index in [-0.39, 0.29) is 11.9 Å². The van der Waals surface area contributed by atoms with Crippen LogP contribution in [0.3, 0.4) is 0 Å². The Morgan fingerprint density at radius 3 is 2.90 bits per heavy atom. The van der Waals surface area contributed by atoms with Gasteiger partial charge < -0.3 is 10.4 Å². The van der Waals surface area contributed by atoms with Crippen LogP contribution >= 0.6 is 0 Å². The van der Waals surface area contributed by atoms with Gasteiger partial charge in [-0.2, -0.15) is 0 Å². The van der Waals surface area contributed by atoms with Crippen LogP contribution in [0.4, 0.5) is 5.69 Å². The van der Waals surface area contributed by atoms with E-state index in [0.29, 0.717) is 6.54 Å². The van der Waals surface area contributed by atoms with Gasteiger partial charge in [-0.3, -0.25) is 9.69 Å². The molecule has 1 saturated heterocycles. The normalized spacial score (nSPS) is 20.1. The number of hydrogen-bond acceptors (Lipinski definition) is 3. The molecule has 2 N–H and O–H groups in total. The summed E-state index contributed by atoms with van der Waals surface area (Å²) in [5, 5.41) is 13.1. The number of aliphatic hydroxyl groups is 1. The van der Waals surface area contributed by atoms with Gasteiger partial charge in [-0.15, -0.1) is 0 Å². The lowest BCUT2D eigenvalue weighted by atomic mass is 9.97. The van der Waals surface area contributed by atoms with Crippen LogP contribution in [0.15, 0.2) is 24.3 Å². The third kappa shape index (κ3) is 3.81. The molecule has 110 valence electrons. The van der Waals surface area contributed by atoms with Crippen molar-refractivity contribution in [1.82, 2.24) is 4.90 Å². The predicted octanol–water partition coefficient (Wildman–Crippen LogP) is 2.17. The summed E-state index contributed by atoms with van der Waals surface area (Å²) in [5.74, 6) is -0.0215. The van der Waals surface area contributed by atoms with E-state index >= 15 is 0 Å². The summed E-state index contributed by atoms with van der Waals surface area (Å²) in [7, 11) is 0. The highest BCUT2D eigenvalue weighted by atomic mass is 16.3. The number of carbonyl (C=O) groups is 1. The van der Waals surface area contributed by atoms with Crippen LogP contribution in [-0.4, -0.2) is 40.6 Å². The summed E-state index contributed by atoms with van der Waals surface area (Å²) >= 11 is 0. The molecule has 0 spiro atoms. The fourth-order valence-corrected chi connectivity index (χ4v) is 2.92. The molecule has 1 aliphatic heterocycles. The van der Waals surface area contributed by atoms with E-state index in [2.05, 4.69) is 10.2 Å². The van der Waals surface area contributed by atoms with Crippen LogP contribution < -0.4 is 5.32 Å². The van der Waals surface area contributed by atoms with Crippen LogP contribution in [0, 0.1) is 6.92 Å². The molecule has 20 heavy (non-hydrogen) atoms. The number of likely N-dealkylation sites (tertiary alicyclic amines) is 1. The van der Waals surface area contributed by atoms with Gasteiger partial charge in [0.2, 0.25) is 5.91 Å². The molecule has 4 heteroatoms. The van der Waals surface area contributed by atoms with Gasteiger partial charge in [0.15, 0.2) is 0 Å². The Morgan fingerprint density at radius 2 is 2.25 bits per heavy atom. The first-order chi connectivity index (χ1) is 9.36. The standard InChI is InChI=1S/C16H24N2O2/c1-12-6-4-7-13(10-12)17-15(19)11-18-9-5-8-14(18)16(2,3)20/h4,6-7,10,14,20H,5,8-9,11H2,1-3H3,(H,17,19). The van der Waals surface area contributed by atoms with E-state index in [1.54, 1.807) is 0 Å². The number of carbonyl (C=O) groups excluding carboxylic acids is 1. The van der Waals surface area contributed by atoms with Crippen molar-refractivity contribution in [3.63, 3.8) is 0 Å². The van der Waals surface area contributed by atoms with Crippen molar-refractivity contribution in [3.05, 3.63) is 29.8 Å². The molecule has 1 aliphatic rings. The maximum absolute atomic E-state index is 12.1. The average Bonchev–Trinajstić information content (AvgIpc) is 2.76. The van der Waals surface area contributed by atoms with Crippen LogP contribution in [0.1, 0.15) is 32.3 Å². The molecule has 0 bridgehead atoms. The highest BCUT2D eigenvalue weighted by Gasteiger charge is 2.36. The van der Waals surface area contributed by atoms with Crippen molar-refractivity contribution in [1.29, 1.82) is 0 Å². The van der Waals surface area contributed by atoms with Crippen molar-refractivity contribution in [2.75, 3.05) is 18.4 Å². The molecule has 1 unspecified atom stereocenters. The maximum atomic E-state index is 12.1. The van der Waals surface area contributed by atoms with Crippen molar-refractivity contribution < 1.29 is 9.90 Å². The van der Waals surface area contributed by atoms with E-state index in [1.165, 1.54) is 0 Å². The monoisotopic (exact) mass is 276 g/mol. The molecular weight excluding hydrogens is 252 g/mol. The van der Waals surface area contributed by atoms with E-state index < -0.39 is 5.60 Å². The molecule has 1 aromatic rings. The van der Waals surface area contributed by atoms with Gasteiger partial charge in [0.05, 0.1) is 12.1 Å². The zero-order chi connectivity index (χ0) is 14.8. The Balaban J connectivity index is 1.94. The SMILES string of the molecule is Cc1cccc(NC(=O)CN2CCCC2C(C)(C)O)c1. The van der Waals surface area contributed by atoms with Crippen LogP contribution in [0.5, 0.6) is 0 Å². The fourth-order valence-electron chi connectivity index (χ4n) is 2.92. The molecule has 0 aliphatic carbocycles. The summed E-state index contributed by atoms with van der Waals surface area (Å²) in [4.78, 5) is 14.2. The summed E-state index contributed by atoms with van der Waals surface area (Å²) in [6.07, 6.45) is 1.98. The predicted molar refractivity (Wildman–Crippen MR) is 80.7 cm³/mol. The second kappa shape index (κ2) is 5.94. The molecule has 2 rings (SSSR count). The van der Waals surface area contributed by atoms with Gasteiger partial charge in [-0.05, 0) is 57.9 Å². The third-order valence-corrected chi connectivity index (χ3v) is 3.83. The Labute approximate surface area is 120 Å². The second-order valence-corrected chi connectivity index (χ2v) is 6.20. The first-order valence-corrected chi connectivity index (χ1v) is 7.19. The largest absolute Gasteiger partial charge is 0.389 e. The smallest absolute Gasteiger partial charge is 0.238 e. The Morgan fingerprint density at radius 1 is 1.50 bits per heavy atom. The molecule has 0 saturated carbocycles. The summed E-state index contributed by atoms with van der Waals surface area (Å²) in [6.45, 7) is 6.84. The lowest BCUT2D eigenvalue weighted by Gasteiger charge is -2.33. The number of rotatable bonds is 4. The number of benzene rings is 1. The topological polar surface area (TPSA) is 52.6 Å². The number of amides is 1. The minimum absolute atomic E-state index is 0.0215. The van der Waals surface area contributed by atoms with Gasteiger partial charge in [0.25, 0.3) is 0 Å². The van der Waals surface area contributed by atoms with Crippen LogP contribution in [-0.2, 0) is 4.79 Å². The summed E-state index contributed by atoms with van der Waals surface area (Å²) in [6, 6.07) is 7.84. The van der Waals surface area contributed by atoms with Crippen molar-refractivity contribution >= 4 is 11.6 Å². The van der Waals surface area contributed by atoms with Crippen molar-refractivity contribution in [3.8, 4) is 0 Å². The molecule has 1 amide bonds. The molecule has 1 atom stereocenters. The van der Waals surface area contributed by atoms with Gasteiger partial charge in [0.1, 0.15) is 0 Å². The molecule has 1 fully saturated rings. The minimum atomic E-state index is -0.764. The summed E-state index contributed by atoms with van der Waals surface area (Å²) < 4.78 is 0. The van der Waals surface area contributed by atoms with E-state index in [0.717, 1.165) is 30.6 Å². The van der Waals surface area contributed by atoms with E-state index in [1.807, 2.05) is 45.0 Å². The highest BCUT2D eigenvalue weighted by molar-refractivity contribution is 5.92. The molecule has 4 nitrogen and oxygen atoms in total. The Bertz CT molecular complexity index is 480. The van der Waals surface area contributed by atoms with Gasteiger partial charge in [0, 0.05) is 11.7 Å². The number of anilines is 1. The number of aryl methyl sites for hydroxylation is 1. The number of hydrogen-bond donors (Lipinski definition) is 2. The number of nitrogens with one attached hydrogen (secondary N) is 1. The van der Waals surface area contributed by atoms with Gasteiger partial charge in [-0.25, -0.2) is 0 Å². The Kier molecular flexibility index (Phi) is 4.45. The third-order valence-electron chi connectivity index (χ3n) is 3.83. The molecule has 1 aromatic carbocycles. The van der Waals surface area contributed by atoms with E-state index in [4.69, 9.17) is 0 Å². The van der Waals surface area contributed by atoms with Gasteiger partial charge in [-0.1, -0.05) is 12.1 Å². The van der Waals surface area contributed by atoms with E-state index in [9.17, 15) is 9.90 Å². The zero-order valence-electron chi connectivity index (χ0n) is 12.5. The molecule has 0 aromatic heterocycles. The lowest BCUT2D eigenvalue weighted by molar-refractivity contribution is -0.118. The van der Waals surface area contributed by atoms with Gasteiger partial charge >= 0.3 is 0 Å². The first-order valence-electron chi connectivity index (χ1n) is 7.19. The van der Waals surface area contributed by atoms with Crippen LogP contribution in [0.2, 0.25) is 0 Å². The first kappa shape index (κ1) is 15.0. The molecule has 1 heterocycles. The zero-order valence-corrected chi connectivity index (χ0v) is 12.5. The quantitative estimate of drug-likeness (QED) is 0.886. The molecule has 0 radical (unpaired) electrons. The van der Waals surface area contributed by atoms with Crippen molar-refractivity contribution in [2.45, 2.75) is 45.3 Å². The minimum Gasteiger partial charge on any atom is -0.389 e. The second-order valence-electron chi connectivity index (χ2n) is 6.20. The van der Waals surface area contributed by atoms with Crippen molar-refractivity contribution in [2.24, 2.45) is 0 Å².